The van der Waals surface area contributed by atoms with E-state index in [1.807, 2.05) is 25.1 Å². The predicted molar refractivity (Wildman–Crippen MR) is 77.4 cm³/mol. The molecule has 1 saturated heterocycles. The molecule has 0 aliphatic carbocycles. The first-order valence-corrected chi connectivity index (χ1v) is 7.11. The van der Waals surface area contributed by atoms with Gasteiger partial charge < -0.3 is 9.84 Å². The Kier molecular flexibility index (Phi) is 4.99. The van der Waals surface area contributed by atoms with Gasteiger partial charge in [0.1, 0.15) is 11.8 Å². The molecular weight excluding hydrogens is 252 g/mol. The van der Waals surface area contributed by atoms with Crippen LogP contribution < -0.4 is 4.74 Å². The third-order valence-electron chi connectivity index (χ3n) is 4.11. The lowest BCUT2D eigenvalue weighted by Crippen LogP contribution is -2.36. The summed E-state index contributed by atoms with van der Waals surface area (Å²) in [6.45, 7) is 4.77. The van der Waals surface area contributed by atoms with Crippen molar-refractivity contribution < 1.29 is 9.84 Å². The highest BCUT2D eigenvalue weighted by Gasteiger charge is 2.22. The van der Waals surface area contributed by atoms with E-state index >= 15 is 0 Å². The van der Waals surface area contributed by atoms with Gasteiger partial charge in [0.2, 0.25) is 0 Å². The van der Waals surface area contributed by atoms with Crippen molar-refractivity contribution in [2.75, 3.05) is 20.2 Å². The maximum absolute atomic E-state index is 9.61. The molecule has 1 N–H and O–H groups in total. The molecule has 1 aromatic rings. The van der Waals surface area contributed by atoms with Crippen LogP contribution >= 0.6 is 0 Å². The van der Waals surface area contributed by atoms with Gasteiger partial charge in [0.15, 0.2) is 0 Å². The summed E-state index contributed by atoms with van der Waals surface area (Å²) < 4.78 is 5.24. The summed E-state index contributed by atoms with van der Waals surface area (Å²) in [6.07, 6.45) is 1.89. The van der Waals surface area contributed by atoms with E-state index in [0.717, 1.165) is 38.0 Å². The van der Waals surface area contributed by atoms with Crippen molar-refractivity contribution in [3.8, 4) is 11.8 Å². The monoisotopic (exact) mass is 274 g/mol. The number of aliphatic hydroxyl groups excluding tert-OH is 1. The van der Waals surface area contributed by atoms with Crippen LogP contribution in [0.5, 0.6) is 5.75 Å². The van der Waals surface area contributed by atoms with E-state index in [9.17, 15) is 5.11 Å². The first kappa shape index (κ1) is 14.8. The fourth-order valence-electron chi connectivity index (χ4n) is 2.78. The summed E-state index contributed by atoms with van der Waals surface area (Å²) in [5, 5.41) is 18.6. The molecule has 1 aromatic carbocycles. The van der Waals surface area contributed by atoms with E-state index < -0.39 is 0 Å². The number of aliphatic hydroxyl groups is 1. The van der Waals surface area contributed by atoms with Crippen molar-refractivity contribution in [3.63, 3.8) is 0 Å². The van der Waals surface area contributed by atoms with E-state index in [2.05, 4.69) is 11.0 Å². The number of nitrogens with zero attached hydrogens (tertiary/aromatic N) is 2. The highest BCUT2D eigenvalue weighted by Crippen LogP contribution is 2.24. The molecule has 0 bridgehead atoms. The van der Waals surface area contributed by atoms with Crippen LogP contribution in [0.15, 0.2) is 18.2 Å². The standard InChI is InChI=1S/C16H22N2O2/c1-12(19)14-5-7-18(8-6-14)11-13-3-4-15(10-17)16(9-13)20-2/h3-4,9,12,14,19H,5-8,11H2,1-2H3. The zero-order chi connectivity index (χ0) is 14.5. The lowest BCUT2D eigenvalue weighted by atomic mass is 9.92. The van der Waals surface area contributed by atoms with Crippen LogP contribution in [0, 0.1) is 17.2 Å². The Bertz CT molecular complexity index is 486. The Morgan fingerprint density at radius 1 is 1.45 bits per heavy atom. The summed E-state index contributed by atoms with van der Waals surface area (Å²) in [6, 6.07) is 7.88. The van der Waals surface area contributed by atoms with Gasteiger partial charge in [0.25, 0.3) is 0 Å². The molecule has 1 fully saturated rings. The third-order valence-corrected chi connectivity index (χ3v) is 4.11. The number of hydrogen-bond acceptors (Lipinski definition) is 4. The molecule has 108 valence electrons. The number of rotatable bonds is 4. The molecule has 1 aliphatic rings. The fourth-order valence-corrected chi connectivity index (χ4v) is 2.78. The summed E-state index contributed by atoms with van der Waals surface area (Å²) in [4.78, 5) is 2.39. The topological polar surface area (TPSA) is 56.5 Å². The van der Waals surface area contributed by atoms with Gasteiger partial charge in [-0.05, 0) is 56.5 Å². The van der Waals surface area contributed by atoms with E-state index in [1.165, 1.54) is 0 Å². The molecule has 0 radical (unpaired) electrons. The van der Waals surface area contributed by atoms with Crippen molar-refractivity contribution in [2.45, 2.75) is 32.4 Å². The molecular formula is C16H22N2O2. The van der Waals surface area contributed by atoms with Crippen LogP contribution in [0.3, 0.4) is 0 Å². The molecule has 20 heavy (non-hydrogen) atoms. The van der Waals surface area contributed by atoms with E-state index in [4.69, 9.17) is 10.00 Å². The Morgan fingerprint density at radius 3 is 2.70 bits per heavy atom. The number of ether oxygens (including phenoxy) is 1. The Hall–Kier alpha value is -1.57. The molecule has 1 unspecified atom stereocenters. The minimum absolute atomic E-state index is 0.202. The third kappa shape index (κ3) is 3.50. The van der Waals surface area contributed by atoms with Gasteiger partial charge in [-0.2, -0.15) is 5.26 Å². The lowest BCUT2D eigenvalue weighted by Gasteiger charge is -2.33. The van der Waals surface area contributed by atoms with Crippen molar-refractivity contribution in [3.05, 3.63) is 29.3 Å². The van der Waals surface area contributed by atoms with Gasteiger partial charge in [-0.15, -0.1) is 0 Å². The first-order chi connectivity index (χ1) is 9.63. The van der Waals surface area contributed by atoms with Gasteiger partial charge in [0.05, 0.1) is 18.8 Å². The van der Waals surface area contributed by atoms with Crippen LogP contribution in [0.4, 0.5) is 0 Å². The van der Waals surface area contributed by atoms with Crippen molar-refractivity contribution >= 4 is 0 Å². The summed E-state index contributed by atoms with van der Waals surface area (Å²) in [5.41, 5.74) is 1.74. The average molecular weight is 274 g/mol. The average Bonchev–Trinajstić information content (AvgIpc) is 2.47. The number of hydrogen-bond donors (Lipinski definition) is 1. The summed E-state index contributed by atoms with van der Waals surface area (Å²) >= 11 is 0. The molecule has 2 rings (SSSR count). The van der Waals surface area contributed by atoms with Gasteiger partial charge in [-0.3, -0.25) is 4.90 Å². The number of methoxy groups -OCH3 is 1. The van der Waals surface area contributed by atoms with Gasteiger partial charge in [-0.1, -0.05) is 6.07 Å². The Labute approximate surface area is 120 Å². The fraction of sp³-hybridized carbons (Fsp3) is 0.562. The van der Waals surface area contributed by atoms with Crippen LogP contribution in [0.1, 0.15) is 30.9 Å². The number of likely N-dealkylation sites (tertiary alicyclic amines) is 1. The second kappa shape index (κ2) is 6.74. The molecule has 0 aromatic heterocycles. The molecule has 4 nitrogen and oxygen atoms in total. The van der Waals surface area contributed by atoms with Crippen LogP contribution in [-0.2, 0) is 6.54 Å². The quantitative estimate of drug-likeness (QED) is 0.914. The number of piperidine rings is 1. The number of benzene rings is 1. The van der Waals surface area contributed by atoms with Crippen molar-refractivity contribution in [1.82, 2.24) is 4.90 Å². The largest absolute Gasteiger partial charge is 0.495 e. The van der Waals surface area contributed by atoms with Gasteiger partial charge in [-0.25, -0.2) is 0 Å². The smallest absolute Gasteiger partial charge is 0.136 e. The Balaban J connectivity index is 1.96. The number of nitriles is 1. The second-order valence-electron chi connectivity index (χ2n) is 5.50. The van der Waals surface area contributed by atoms with Gasteiger partial charge >= 0.3 is 0 Å². The van der Waals surface area contributed by atoms with E-state index in [0.29, 0.717) is 17.2 Å². The van der Waals surface area contributed by atoms with Crippen molar-refractivity contribution in [1.29, 1.82) is 5.26 Å². The second-order valence-corrected chi connectivity index (χ2v) is 5.50. The normalized spacial score (nSPS) is 18.5. The highest BCUT2D eigenvalue weighted by atomic mass is 16.5. The molecule has 4 heteroatoms. The zero-order valence-corrected chi connectivity index (χ0v) is 12.2. The van der Waals surface area contributed by atoms with E-state index in [1.54, 1.807) is 7.11 Å². The zero-order valence-electron chi connectivity index (χ0n) is 12.2. The molecule has 1 aliphatic heterocycles. The maximum Gasteiger partial charge on any atom is 0.136 e. The Morgan fingerprint density at radius 2 is 2.15 bits per heavy atom. The molecule has 0 saturated carbocycles. The first-order valence-electron chi connectivity index (χ1n) is 7.11. The molecule has 1 atom stereocenters. The van der Waals surface area contributed by atoms with E-state index in [-0.39, 0.29) is 6.10 Å². The van der Waals surface area contributed by atoms with Crippen LogP contribution in [0.25, 0.3) is 0 Å². The predicted octanol–water partition coefficient (Wildman–Crippen LogP) is 2.16. The summed E-state index contributed by atoms with van der Waals surface area (Å²) in [7, 11) is 1.59. The highest BCUT2D eigenvalue weighted by molar-refractivity contribution is 5.45. The minimum Gasteiger partial charge on any atom is -0.495 e. The van der Waals surface area contributed by atoms with Crippen molar-refractivity contribution in [2.24, 2.45) is 5.92 Å². The lowest BCUT2D eigenvalue weighted by molar-refractivity contribution is 0.0695. The summed E-state index contributed by atoms with van der Waals surface area (Å²) in [5.74, 6) is 1.07. The molecule has 0 spiro atoms. The minimum atomic E-state index is -0.202. The van der Waals surface area contributed by atoms with Crippen LogP contribution in [0.2, 0.25) is 0 Å². The van der Waals surface area contributed by atoms with Gasteiger partial charge in [0, 0.05) is 6.54 Å². The molecule has 0 amide bonds. The SMILES string of the molecule is COc1cc(CN2CCC(C(C)O)CC2)ccc1C#N. The maximum atomic E-state index is 9.61. The van der Waals surface area contributed by atoms with Crippen LogP contribution in [-0.4, -0.2) is 36.3 Å². The molecule has 1 heterocycles.